The SMILES string of the molecule is C=Cc1nc2ccc(C)cc2o1. The van der Waals surface area contributed by atoms with Gasteiger partial charge in [-0.05, 0) is 30.7 Å². The summed E-state index contributed by atoms with van der Waals surface area (Å²) in [5.74, 6) is 0.579. The number of hydrogen-bond acceptors (Lipinski definition) is 2. The zero-order valence-corrected chi connectivity index (χ0v) is 6.87. The maximum Gasteiger partial charge on any atom is 0.219 e. The van der Waals surface area contributed by atoms with Gasteiger partial charge >= 0.3 is 0 Å². The largest absolute Gasteiger partial charge is 0.437 e. The van der Waals surface area contributed by atoms with Gasteiger partial charge in [0.15, 0.2) is 5.58 Å². The number of hydrogen-bond donors (Lipinski definition) is 0. The lowest BCUT2D eigenvalue weighted by molar-refractivity contribution is 0.589. The van der Waals surface area contributed by atoms with Crippen molar-refractivity contribution in [1.29, 1.82) is 0 Å². The molecular formula is C10H9NO. The minimum atomic E-state index is 0.579. The summed E-state index contributed by atoms with van der Waals surface area (Å²) in [4.78, 5) is 4.19. The third-order valence-corrected chi connectivity index (χ3v) is 1.74. The predicted octanol–water partition coefficient (Wildman–Crippen LogP) is 2.78. The Balaban J connectivity index is 2.75. The standard InChI is InChI=1S/C10H9NO/c1-3-10-11-8-5-4-7(2)6-9(8)12-10/h3-6H,1H2,2H3. The van der Waals surface area contributed by atoms with Crippen molar-refractivity contribution in [2.45, 2.75) is 6.92 Å². The zero-order valence-electron chi connectivity index (χ0n) is 6.87. The van der Waals surface area contributed by atoms with Gasteiger partial charge in [-0.3, -0.25) is 0 Å². The average molecular weight is 159 g/mol. The second-order valence-electron chi connectivity index (χ2n) is 2.73. The van der Waals surface area contributed by atoms with Gasteiger partial charge in [0.1, 0.15) is 5.52 Å². The highest BCUT2D eigenvalue weighted by molar-refractivity contribution is 5.74. The average Bonchev–Trinajstić information content (AvgIpc) is 2.46. The minimum Gasteiger partial charge on any atom is -0.437 e. The Bertz CT molecular complexity index is 428. The molecule has 0 fully saturated rings. The molecule has 2 rings (SSSR count). The fourth-order valence-corrected chi connectivity index (χ4v) is 1.14. The van der Waals surface area contributed by atoms with Crippen LogP contribution in [0.15, 0.2) is 29.2 Å². The number of rotatable bonds is 1. The van der Waals surface area contributed by atoms with Crippen molar-refractivity contribution < 1.29 is 4.42 Å². The van der Waals surface area contributed by atoms with E-state index in [1.807, 2.05) is 25.1 Å². The van der Waals surface area contributed by atoms with E-state index in [0.717, 1.165) is 11.1 Å². The molecule has 1 aromatic heterocycles. The second kappa shape index (κ2) is 2.48. The molecule has 1 heterocycles. The van der Waals surface area contributed by atoms with Gasteiger partial charge in [0.05, 0.1) is 0 Å². The van der Waals surface area contributed by atoms with Crippen molar-refractivity contribution in [1.82, 2.24) is 4.98 Å². The van der Waals surface area contributed by atoms with E-state index in [9.17, 15) is 0 Å². The van der Waals surface area contributed by atoms with Gasteiger partial charge in [0.25, 0.3) is 0 Å². The van der Waals surface area contributed by atoms with Crippen LogP contribution < -0.4 is 0 Å². The lowest BCUT2D eigenvalue weighted by atomic mass is 10.2. The molecule has 0 saturated carbocycles. The Morgan fingerprint density at radius 3 is 3.08 bits per heavy atom. The van der Waals surface area contributed by atoms with Crippen molar-refractivity contribution in [3.05, 3.63) is 36.2 Å². The molecule has 1 aromatic carbocycles. The van der Waals surface area contributed by atoms with Gasteiger partial charge in [-0.25, -0.2) is 4.98 Å². The first kappa shape index (κ1) is 7.10. The van der Waals surface area contributed by atoms with Crippen molar-refractivity contribution >= 4 is 17.2 Å². The number of benzene rings is 1. The van der Waals surface area contributed by atoms with Crippen LogP contribution in [0.1, 0.15) is 11.5 Å². The molecule has 0 radical (unpaired) electrons. The second-order valence-corrected chi connectivity index (χ2v) is 2.73. The van der Waals surface area contributed by atoms with E-state index < -0.39 is 0 Å². The van der Waals surface area contributed by atoms with E-state index in [2.05, 4.69) is 11.6 Å². The summed E-state index contributed by atoms with van der Waals surface area (Å²) in [5.41, 5.74) is 2.88. The van der Waals surface area contributed by atoms with E-state index in [1.165, 1.54) is 5.56 Å². The molecule has 2 aromatic rings. The molecule has 2 heteroatoms. The van der Waals surface area contributed by atoms with Crippen molar-refractivity contribution in [3.63, 3.8) is 0 Å². The van der Waals surface area contributed by atoms with Crippen LogP contribution >= 0.6 is 0 Å². The molecule has 0 atom stereocenters. The number of aromatic nitrogens is 1. The van der Waals surface area contributed by atoms with Gasteiger partial charge in [0, 0.05) is 0 Å². The van der Waals surface area contributed by atoms with Gasteiger partial charge in [-0.15, -0.1) is 0 Å². The minimum absolute atomic E-state index is 0.579. The highest BCUT2D eigenvalue weighted by Crippen LogP contribution is 2.17. The Morgan fingerprint density at radius 1 is 1.50 bits per heavy atom. The van der Waals surface area contributed by atoms with Crippen LogP contribution in [-0.4, -0.2) is 4.98 Å². The van der Waals surface area contributed by atoms with E-state index in [1.54, 1.807) is 6.08 Å². The smallest absolute Gasteiger partial charge is 0.219 e. The summed E-state index contributed by atoms with van der Waals surface area (Å²) >= 11 is 0. The van der Waals surface area contributed by atoms with Crippen LogP contribution in [0, 0.1) is 6.92 Å². The first-order valence-electron chi connectivity index (χ1n) is 3.79. The van der Waals surface area contributed by atoms with Crippen molar-refractivity contribution in [2.75, 3.05) is 0 Å². The summed E-state index contributed by atoms with van der Waals surface area (Å²) in [6, 6.07) is 5.92. The molecule has 0 aliphatic rings. The first-order valence-corrected chi connectivity index (χ1v) is 3.79. The highest BCUT2D eigenvalue weighted by Gasteiger charge is 2.01. The topological polar surface area (TPSA) is 26.0 Å². The molecule has 0 spiro atoms. The third kappa shape index (κ3) is 1.01. The molecule has 0 unspecified atom stereocenters. The summed E-state index contributed by atoms with van der Waals surface area (Å²) < 4.78 is 5.37. The van der Waals surface area contributed by atoms with E-state index >= 15 is 0 Å². The zero-order chi connectivity index (χ0) is 8.55. The molecule has 0 aliphatic heterocycles. The van der Waals surface area contributed by atoms with E-state index in [4.69, 9.17) is 4.42 Å². The molecular weight excluding hydrogens is 150 g/mol. The Labute approximate surface area is 70.5 Å². The fraction of sp³-hybridized carbons (Fsp3) is 0.100. The summed E-state index contributed by atoms with van der Waals surface area (Å²) in [6.45, 7) is 5.62. The van der Waals surface area contributed by atoms with Crippen molar-refractivity contribution in [3.8, 4) is 0 Å². The lowest BCUT2D eigenvalue weighted by Gasteiger charge is -1.87. The lowest BCUT2D eigenvalue weighted by Crippen LogP contribution is -1.70. The van der Waals surface area contributed by atoms with Crippen LogP contribution in [0.3, 0.4) is 0 Å². The van der Waals surface area contributed by atoms with Crippen LogP contribution in [-0.2, 0) is 0 Å². The molecule has 0 bridgehead atoms. The number of fused-ring (bicyclic) bond motifs is 1. The third-order valence-electron chi connectivity index (χ3n) is 1.74. The van der Waals surface area contributed by atoms with Crippen LogP contribution in [0.25, 0.3) is 17.2 Å². The van der Waals surface area contributed by atoms with Gasteiger partial charge in [-0.1, -0.05) is 12.6 Å². The van der Waals surface area contributed by atoms with E-state index in [-0.39, 0.29) is 0 Å². The van der Waals surface area contributed by atoms with Crippen LogP contribution in [0.4, 0.5) is 0 Å². The predicted molar refractivity (Wildman–Crippen MR) is 48.8 cm³/mol. The van der Waals surface area contributed by atoms with Gasteiger partial charge in [-0.2, -0.15) is 0 Å². The number of aryl methyl sites for hydroxylation is 1. The first-order chi connectivity index (χ1) is 5.79. The van der Waals surface area contributed by atoms with Crippen molar-refractivity contribution in [2.24, 2.45) is 0 Å². The number of oxazole rings is 1. The Morgan fingerprint density at radius 2 is 2.33 bits per heavy atom. The molecule has 0 saturated heterocycles. The Kier molecular flexibility index (Phi) is 1.47. The maximum atomic E-state index is 5.37. The summed E-state index contributed by atoms with van der Waals surface area (Å²) in [7, 11) is 0. The normalized spacial score (nSPS) is 10.4. The highest BCUT2D eigenvalue weighted by atomic mass is 16.3. The molecule has 2 nitrogen and oxygen atoms in total. The van der Waals surface area contributed by atoms with Gasteiger partial charge < -0.3 is 4.42 Å². The molecule has 12 heavy (non-hydrogen) atoms. The van der Waals surface area contributed by atoms with Crippen LogP contribution in [0.5, 0.6) is 0 Å². The Hall–Kier alpha value is -1.57. The van der Waals surface area contributed by atoms with E-state index in [0.29, 0.717) is 5.89 Å². The molecule has 0 N–H and O–H groups in total. The monoisotopic (exact) mass is 159 g/mol. The molecule has 0 aliphatic carbocycles. The number of nitrogens with zero attached hydrogens (tertiary/aromatic N) is 1. The summed E-state index contributed by atoms with van der Waals surface area (Å²) in [5, 5.41) is 0. The molecule has 60 valence electrons. The van der Waals surface area contributed by atoms with Crippen LogP contribution in [0.2, 0.25) is 0 Å². The summed E-state index contributed by atoms with van der Waals surface area (Å²) in [6.07, 6.45) is 1.61. The maximum absolute atomic E-state index is 5.37. The fourth-order valence-electron chi connectivity index (χ4n) is 1.14. The quantitative estimate of drug-likeness (QED) is 0.639. The van der Waals surface area contributed by atoms with Gasteiger partial charge in [0.2, 0.25) is 5.89 Å². The molecule has 0 amide bonds.